The van der Waals surface area contributed by atoms with Crippen LogP contribution in [-0.2, 0) is 26.2 Å². The Kier molecular flexibility index (Phi) is 8.17. The highest BCUT2D eigenvalue weighted by Crippen LogP contribution is 2.47. The number of likely N-dealkylation sites (N-methyl/N-ethyl adjacent to an activating group) is 1. The molecule has 3 aromatic rings. The smallest absolute Gasteiger partial charge is 0.247 e. The molecule has 4 atom stereocenters. The van der Waals surface area contributed by atoms with E-state index in [1.54, 1.807) is 23.9 Å². The van der Waals surface area contributed by atoms with E-state index in [2.05, 4.69) is 21.7 Å². The molecule has 1 spiro atoms. The predicted molar refractivity (Wildman–Crippen MR) is 169 cm³/mol. The number of fused-ring (bicyclic) bond motifs is 2. The molecule has 0 bridgehead atoms. The molecular formula is C35H40FN7O3. The Morgan fingerprint density at radius 2 is 1.89 bits per heavy atom. The Bertz CT molecular complexity index is 1690. The maximum Gasteiger partial charge on any atom is 0.247 e. The van der Waals surface area contributed by atoms with Gasteiger partial charge in [-0.15, -0.1) is 5.10 Å². The van der Waals surface area contributed by atoms with Gasteiger partial charge in [-0.2, -0.15) is 5.26 Å². The highest BCUT2D eigenvalue weighted by atomic mass is 19.1. The number of nitriles is 1. The monoisotopic (exact) mass is 625 g/mol. The summed E-state index contributed by atoms with van der Waals surface area (Å²) in [7, 11) is 1.63. The first-order chi connectivity index (χ1) is 21.9. The number of carbonyl (C=O) groups excluding carboxylic acids is 3. The molecule has 2 aliphatic heterocycles. The summed E-state index contributed by atoms with van der Waals surface area (Å²) in [6, 6.07) is 13.4. The van der Waals surface area contributed by atoms with Crippen molar-refractivity contribution in [2.24, 2.45) is 5.41 Å². The van der Waals surface area contributed by atoms with E-state index in [-0.39, 0.29) is 41.9 Å². The fourth-order valence-corrected chi connectivity index (χ4v) is 6.87. The largest absolute Gasteiger partial charge is 0.332 e. The van der Waals surface area contributed by atoms with Crippen molar-refractivity contribution in [1.29, 1.82) is 5.26 Å². The average Bonchev–Trinajstić information content (AvgIpc) is 3.52. The van der Waals surface area contributed by atoms with Crippen LogP contribution in [-0.4, -0.2) is 68.2 Å². The number of hydrogen-bond acceptors (Lipinski definition) is 6. The third kappa shape index (κ3) is 6.00. The molecule has 11 heteroatoms. The molecular weight excluding hydrogens is 585 g/mol. The molecule has 1 saturated carbocycles. The molecule has 1 aromatic heterocycles. The summed E-state index contributed by atoms with van der Waals surface area (Å²) in [5.74, 6) is -0.871. The fraction of sp³-hybridized carbons (Fsp3) is 0.486. The van der Waals surface area contributed by atoms with Crippen LogP contribution in [0.25, 0.3) is 0 Å². The van der Waals surface area contributed by atoms with Crippen molar-refractivity contribution in [3.05, 3.63) is 77.4 Å². The summed E-state index contributed by atoms with van der Waals surface area (Å²) in [5, 5.41) is 21.8. The number of likely N-dealkylation sites (tertiary alicyclic amines) is 1. The summed E-state index contributed by atoms with van der Waals surface area (Å²) in [4.78, 5) is 45.4. The number of aryl methyl sites for hydroxylation is 1. The van der Waals surface area contributed by atoms with E-state index in [4.69, 9.17) is 0 Å². The molecule has 2 fully saturated rings. The van der Waals surface area contributed by atoms with Gasteiger partial charge in [0.15, 0.2) is 0 Å². The molecule has 240 valence electrons. The fourth-order valence-electron chi connectivity index (χ4n) is 6.87. The summed E-state index contributed by atoms with van der Waals surface area (Å²) < 4.78 is 15.2. The van der Waals surface area contributed by atoms with Crippen LogP contribution < -0.4 is 5.32 Å². The lowest BCUT2D eigenvalue weighted by Crippen LogP contribution is -2.53. The average molecular weight is 626 g/mol. The van der Waals surface area contributed by atoms with Gasteiger partial charge in [-0.25, -0.2) is 9.07 Å². The number of aromatic nitrogens is 3. The SMILES string of the molecule is CN(C(=O)[C@H](CCc1ccc(F)cc1)n1cc(C2CC2)nn1)[C@@H](CC(C)(C)C)C(=O)N1C[C@]2(C[C@H]1C#N)C(=O)Nc1ccccc12. The molecule has 1 aliphatic carbocycles. The third-order valence-electron chi connectivity index (χ3n) is 9.57. The van der Waals surface area contributed by atoms with Crippen molar-refractivity contribution in [2.75, 3.05) is 18.9 Å². The first kappa shape index (κ1) is 31.4. The number of nitrogens with one attached hydrogen (secondary N) is 1. The molecule has 0 radical (unpaired) electrons. The Hall–Kier alpha value is -4.59. The number of nitrogens with zero attached hydrogens (tertiary/aromatic N) is 6. The van der Waals surface area contributed by atoms with Crippen molar-refractivity contribution < 1.29 is 18.8 Å². The Labute approximate surface area is 268 Å². The Balaban J connectivity index is 1.30. The molecule has 46 heavy (non-hydrogen) atoms. The number of hydrogen-bond donors (Lipinski definition) is 1. The van der Waals surface area contributed by atoms with E-state index in [0.29, 0.717) is 30.9 Å². The second-order valence-electron chi connectivity index (χ2n) is 14.2. The van der Waals surface area contributed by atoms with Gasteiger partial charge in [0.1, 0.15) is 23.9 Å². The second kappa shape index (κ2) is 12.0. The van der Waals surface area contributed by atoms with Crippen molar-refractivity contribution >= 4 is 23.4 Å². The van der Waals surface area contributed by atoms with Crippen LogP contribution in [0.3, 0.4) is 0 Å². The minimum Gasteiger partial charge on any atom is -0.332 e. The van der Waals surface area contributed by atoms with Crippen LogP contribution in [0.5, 0.6) is 0 Å². The standard InChI is InChI=1S/C35H40FN7O3/c1-34(2,3)18-30(32(45)42-21-35(17-25(42)19-37)26-7-5-6-8-27(26)38-33(35)46)41(4)31(44)29(16-11-22-9-14-24(36)15-10-22)43-20-28(39-40-43)23-12-13-23/h5-10,14-15,20,23,25,29-30H,11-13,16-18,21H2,1-4H3,(H,38,46)/t25-,29-,30-,35-/m0/s1. The van der Waals surface area contributed by atoms with Gasteiger partial charge < -0.3 is 15.1 Å². The number of para-hydroxylation sites is 1. The lowest BCUT2D eigenvalue weighted by molar-refractivity contribution is -0.148. The molecule has 3 amide bonds. The molecule has 2 aromatic carbocycles. The molecule has 1 saturated heterocycles. The molecule has 10 nitrogen and oxygen atoms in total. The van der Waals surface area contributed by atoms with Crippen LogP contribution in [0.2, 0.25) is 0 Å². The maximum absolute atomic E-state index is 14.5. The van der Waals surface area contributed by atoms with Gasteiger partial charge >= 0.3 is 0 Å². The van der Waals surface area contributed by atoms with Gasteiger partial charge in [-0.1, -0.05) is 56.3 Å². The van der Waals surface area contributed by atoms with Gasteiger partial charge in [0.25, 0.3) is 0 Å². The lowest BCUT2D eigenvalue weighted by atomic mass is 9.80. The lowest BCUT2D eigenvalue weighted by Gasteiger charge is -2.37. The zero-order valence-electron chi connectivity index (χ0n) is 26.7. The quantitative estimate of drug-likeness (QED) is 0.366. The van der Waals surface area contributed by atoms with E-state index in [0.717, 1.165) is 29.7 Å². The Morgan fingerprint density at radius 3 is 2.57 bits per heavy atom. The number of anilines is 1. The van der Waals surface area contributed by atoms with Crippen LogP contribution in [0.15, 0.2) is 54.7 Å². The number of rotatable bonds is 9. The summed E-state index contributed by atoms with van der Waals surface area (Å²) in [6.45, 7) is 6.07. The van der Waals surface area contributed by atoms with Crippen molar-refractivity contribution in [1.82, 2.24) is 24.8 Å². The van der Waals surface area contributed by atoms with Crippen LogP contribution in [0.1, 0.15) is 81.7 Å². The third-order valence-corrected chi connectivity index (χ3v) is 9.57. The van der Waals surface area contributed by atoms with E-state index in [1.807, 2.05) is 51.2 Å². The Morgan fingerprint density at radius 1 is 1.17 bits per heavy atom. The molecule has 3 aliphatic rings. The number of benzene rings is 2. The number of halogens is 1. The molecule has 3 heterocycles. The summed E-state index contributed by atoms with van der Waals surface area (Å²) in [5.41, 5.74) is 1.83. The van der Waals surface area contributed by atoms with E-state index in [1.165, 1.54) is 21.9 Å². The van der Waals surface area contributed by atoms with Gasteiger partial charge in [0, 0.05) is 37.8 Å². The van der Waals surface area contributed by atoms with Crippen molar-refractivity contribution in [3.8, 4) is 6.07 Å². The number of amides is 3. The first-order valence-corrected chi connectivity index (χ1v) is 15.9. The normalized spacial score (nSPS) is 21.9. The van der Waals surface area contributed by atoms with Gasteiger partial charge in [-0.3, -0.25) is 14.4 Å². The second-order valence-corrected chi connectivity index (χ2v) is 14.2. The van der Waals surface area contributed by atoms with E-state index in [9.17, 15) is 24.0 Å². The topological polar surface area (TPSA) is 124 Å². The van der Waals surface area contributed by atoms with Gasteiger partial charge in [0.2, 0.25) is 17.7 Å². The minimum atomic E-state index is -1.03. The first-order valence-electron chi connectivity index (χ1n) is 15.9. The molecule has 6 rings (SSSR count). The minimum absolute atomic E-state index is 0.0530. The van der Waals surface area contributed by atoms with E-state index < -0.39 is 23.5 Å². The molecule has 1 N–H and O–H groups in total. The zero-order chi connectivity index (χ0) is 32.8. The highest BCUT2D eigenvalue weighted by molar-refractivity contribution is 6.07. The van der Waals surface area contributed by atoms with Crippen LogP contribution in [0, 0.1) is 22.6 Å². The van der Waals surface area contributed by atoms with Crippen LogP contribution >= 0.6 is 0 Å². The maximum atomic E-state index is 14.5. The molecule has 0 unspecified atom stereocenters. The number of carbonyl (C=O) groups is 3. The summed E-state index contributed by atoms with van der Waals surface area (Å²) in [6.07, 6.45) is 5.27. The van der Waals surface area contributed by atoms with Crippen molar-refractivity contribution in [2.45, 2.75) is 88.8 Å². The predicted octanol–water partition coefficient (Wildman–Crippen LogP) is 4.75. The zero-order valence-corrected chi connectivity index (χ0v) is 26.7. The summed E-state index contributed by atoms with van der Waals surface area (Å²) >= 11 is 0. The van der Waals surface area contributed by atoms with Gasteiger partial charge in [-0.05, 0) is 66.8 Å². The van der Waals surface area contributed by atoms with E-state index >= 15 is 0 Å². The van der Waals surface area contributed by atoms with Gasteiger partial charge in [0.05, 0.1) is 17.2 Å². The van der Waals surface area contributed by atoms with Crippen LogP contribution in [0.4, 0.5) is 10.1 Å². The highest BCUT2D eigenvalue weighted by Gasteiger charge is 2.57. The van der Waals surface area contributed by atoms with Crippen molar-refractivity contribution in [3.63, 3.8) is 0 Å².